The second kappa shape index (κ2) is 6.09. The number of benzene rings is 1. The van der Waals surface area contributed by atoms with Gasteiger partial charge >= 0.3 is 5.97 Å². The van der Waals surface area contributed by atoms with Gasteiger partial charge in [0.1, 0.15) is 17.9 Å². The molecule has 0 unspecified atom stereocenters. The van der Waals surface area contributed by atoms with Gasteiger partial charge in [0, 0.05) is 0 Å². The number of carbonyl (C=O) groups excluding carboxylic acids is 1. The van der Waals surface area contributed by atoms with E-state index in [0.29, 0.717) is 17.9 Å². The molecule has 0 bridgehead atoms. The lowest BCUT2D eigenvalue weighted by Gasteiger charge is -2.09. The summed E-state index contributed by atoms with van der Waals surface area (Å²) in [6, 6.07) is 5.47. The van der Waals surface area contributed by atoms with Gasteiger partial charge in [0.05, 0.1) is 7.11 Å². The van der Waals surface area contributed by atoms with Crippen molar-refractivity contribution in [2.75, 3.05) is 13.7 Å². The van der Waals surface area contributed by atoms with Crippen LogP contribution in [-0.2, 0) is 4.74 Å². The van der Waals surface area contributed by atoms with Crippen molar-refractivity contribution in [3.63, 3.8) is 0 Å². The summed E-state index contributed by atoms with van der Waals surface area (Å²) in [5.74, 6) is 0.181. The molecule has 0 radical (unpaired) electrons. The summed E-state index contributed by atoms with van der Waals surface area (Å²) in [5.41, 5.74) is 2.64. The highest BCUT2D eigenvalue weighted by molar-refractivity contribution is 5.92. The van der Waals surface area contributed by atoms with Crippen LogP contribution < -0.4 is 4.74 Å². The zero-order valence-electron chi connectivity index (χ0n) is 10.7. The summed E-state index contributed by atoms with van der Waals surface area (Å²) < 4.78 is 10.3. The van der Waals surface area contributed by atoms with E-state index in [1.807, 2.05) is 32.9 Å². The average molecular weight is 234 g/mol. The minimum Gasteiger partial charge on any atom is -0.489 e. The van der Waals surface area contributed by atoms with Gasteiger partial charge in [-0.1, -0.05) is 17.2 Å². The topological polar surface area (TPSA) is 35.5 Å². The van der Waals surface area contributed by atoms with E-state index >= 15 is 0 Å². The van der Waals surface area contributed by atoms with Crippen molar-refractivity contribution in [2.45, 2.75) is 20.8 Å². The Balaban J connectivity index is 2.90. The van der Waals surface area contributed by atoms with Crippen LogP contribution in [0.1, 0.15) is 29.8 Å². The minimum atomic E-state index is -0.374. The van der Waals surface area contributed by atoms with Gasteiger partial charge < -0.3 is 9.47 Å². The highest BCUT2D eigenvalue weighted by atomic mass is 16.5. The molecule has 0 aliphatic rings. The standard InChI is InChI=1S/C14H18O3/c1-10(2)7-8-17-13-6-5-11(3)9-12(13)14(15)16-4/h5-7,9H,8H2,1-4H3. The largest absolute Gasteiger partial charge is 0.489 e. The molecule has 0 saturated carbocycles. The van der Waals surface area contributed by atoms with Gasteiger partial charge in [0.2, 0.25) is 0 Å². The molecule has 0 amide bonds. The number of methoxy groups -OCH3 is 1. The number of hydrogen-bond acceptors (Lipinski definition) is 3. The lowest BCUT2D eigenvalue weighted by Crippen LogP contribution is -2.06. The predicted molar refractivity (Wildman–Crippen MR) is 67.4 cm³/mol. The predicted octanol–water partition coefficient (Wildman–Crippen LogP) is 3.13. The molecule has 0 heterocycles. The minimum absolute atomic E-state index is 0.374. The van der Waals surface area contributed by atoms with Gasteiger partial charge in [-0.25, -0.2) is 4.79 Å². The Morgan fingerprint density at radius 3 is 2.65 bits per heavy atom. The fraction of sp³-hybridized carbons (Fsp3) is 0.357. The maximum Gasteiger partial charge on any atom is 0.341 e. The fourth-order valence-electron chi connectivity index (χ4n) is 1.34. The zero-order valence-corrected chi connectivity index (χ0v) is 10.7. The van der Waals surface area contributed by atoms with Gasteiger partial charge in [-0.05, 0) is 39.0 Å². The van der Waals surface area contributed by atoms with E-state index in [2.05, 4.69) is 0 Å². The Bertz CT molecular complexity index is 429. The van der Waals surface area contributed by atoms with E-state index in [4.69, 9.17) is 9.47 Å². The molecule has 0 aliphatic carbocycles. The third-order valence-electron chi connectivity index (χ3n) is 2.27. The second-order valence-electron chi connectivity index (χ2n) is 4.08. The summed E-state index contributed by atoms with van der Waals surface area (Å²) in [6.45, 7) is 6.38. The molecule has 3 heteroatoms. The van der Waals surface area contributed by atoms with E-state index < -0.39 is 0 Å². The van der Waals surface area contributed by atoms with E-state index in [0.717, 1.165) is 5.56 Å². The number of esters is 1. The number of aryl methyl sites for hydroxylation is 1. The Kier molecular flexibility index (Phi) is 4.76. The third kappa shape index (κ3) is 3.94. The molecule has 0 spiro atoms. The van der Waals surface area contributed by atoms with Gasteiger partial charge in [-0.3, -0.25) is 0 Å². The van der Waals surface area contributed by atoms with Crippen LogP contribution >= 0.6 is 0 Å². The summed E-state index contributed by atoms with van der Waals surface area (Å²) in [4.78, 5) is 11.6. The number of hydrogen-bond donors (Lipinski definition) is 0. The Morgan fingerprint density at radius 1 is 1.35 bits per heavy atom. The lowest BCUT2D eigenvalue weighted by atomic mass is 10.1. The van der Waals surface area contributed by atoms with Gasteiger partial charge in [-0.15, -0.1) is 0 Å². The molecule has 1 aromatic carbocycles. The Hall–Kier alpha value is -1.77. The number of carbonyl (C=O) groups is 1. The van der Waals surface area contributed by atoms with Crippen molar-refractivity contribution in [1.82, 2.24) is 0 Å². The smallest absolute Gasteiger partial charge is 0.341 e. The van der Waals surface area contributed by atoms with E-state index in [1.165, 1.54) is 12.7 Å². The monoisotopic (exact) mass is 234 g/mol. The molecule has 0 fully saturated rings. The summed E-state index contributed by atoms with van der Waals surface area (Å²) >= 11 is 0. The third-order valence-corrected chi connectivity index (χ3v) is 2.27. The first kappa shape index (κ1) is 13.3. The molecule has 0 aliphatic heterocycles. The summed E-state index contributed by atoms with van der Waals surface area (Å²) in [7, 11) is 1.37. The second-order valence-corrected chi connectivity index (χ2v) is 4.08. The van der Waals surface area contributed by atoms with Crippen molar-refractivity contribution in [2.24, 2.45) is 0 Å². The van der Waals surface area contributed by atoms with E-state index in [1.54, 1.807) is 12.1 Å². The maximum absolute atomic E-state index is 11.6. The molecule has 0 saturated heterocycles. The zero-order chi connectivity index (χ0) is 12.8. The van der Waals surface area contributed by atoms with Crippen molar-refractivity contribution >= 4 is 5.97 Å². The number of rotatable bonds is 4. The first-order chi connectivity index (χ1) is 8.04. The number of allylic oxidation sites excluding steroid dienone is 1. The molecule has 0 atom stereocenters. The van der Waals surface area contributed by atoms with Crippen LogP contribution in [0, 0.1) is 6.92 Å². The maximum atomic E-state index is 11.6. The van der Waals surface area contributed by atoms with Crippen LogP contribution in [0.4, 0.5) is 0 Å². The highest BCUT2D eigenvalue weighted by Gasteiger charge is 2.12. The summed E-state index contributed by atoms with van der Waals surface area (Å²) in [5, 5.41) is 0. The Morgan fingerprint density at radius 2 is 2.06 bits per heavy atom. The molecular weight excluding hydrogens is 216 g/mol. The first-order valence-corrected chi connectivity index (χ1v) is 5.49. The summed E-state index contributed by atoms with van der Waals surface area (Å²) in [6.07, 6.45) is 1.96. The fourth-order valence-corrected chi connectivity index (χ4v) is 1.34. The van der Waals surface area contributed by atoms with Gasteiger partial charge in [0.15, 0.2) is 0 Å². The first-order valence-electron chi connectivity index (χ1n) is 5.49. The molecule has 17 heavy (non-hydrogen) atoms. The Labute approximate surface area is 102 Å². The van der Waals surface area contributed by atoms with Crippen molar-refractivity contribution in [3.8, 4) is 5.75 Å². The van der Waals surface area contributed by atoms with Crippen LogP contribution in [0.5, 0.6) is 5.75 Å². The SMILES string of the molecule is COC(=O)c1cc(C)ccc1OCC=C(C)C. The average Bonchev–Trinajstić information content (AvgIpc) is 2.29. The molecule has 1 rings (SSSR count). The molecule has 1 aromatic rings. The van der Waals surface area contributed by atoms with Crippen LogP contribution in [0.2, 0.25) is 0 Å². The number of ether oxygens (including phenoxy) is 2. The van der Waals surface area contributed by atoms with E-state index in [9.17, 15) is 4.79 Å². The molecule has 0 N–H and O–H groups in total. The van der Waals surface area contributed by atoms with Crippen LogP contribution in [0.15, 0.2) is 29.8 Å². The highest BCUT2D eigenvalue weighted by Crippen LogP contribution is 2.21. The quantitative estimate of drug-likeness (QED) is 0.593. The van der Waals surface area contributed by atoms with Crippen LogP contribution in [0.3, 0.4) is 0 Å². The molecule has 0 aromatic heterocycles. The van der Waals surface area contributed by atoms with Gasteiger partial charge in [-0.2, -0.15) is 0 Å². The molecule has 3 nitrogen and oxygen atoms in total. The van der Waals surface area contributed by atoms with Crippen molar-refractivity contribution < 1.29 is 14.3 Å². The normalized spacial score (nSPS) is 9.65. The molecular formula is C14H18O3. The van der Waals surface area contributed by atoms with E-state index in [-0.39, 0.29) is 5.97 Å². The molecule has 92 valence electrons. The van der Waals surface area contributed by atoms with Gasteiger partial charge in [0.25, 0.3) is 0 Å². The lowest BCUT2D eigenvalue weighted by molar-refractivity contribution is 0.0596. The van der Waals surface area contributed by atoms with Crippen molar-refractivity contribution in [1.29, 1.82) is 0 Å². The van der Waals surface area contributed by atoms with Crippen molar-refractivity contribution in [3.05, 3.63) is 41.0 Å². The van der Waals surface area contributed by atoms with Crippen LogP contribution in [0.25, 0.3) is 0 Å². The van der Waals surface area contributed by atoms with Crippen LogP contribution in [-0.4, -0.2) is 19.7 Å².